The molecule has 1 aromatic carbocycles. The highest BCUT2D eigenvalue weighted by Crippen LogP contribution is 2.24. The van der Waals surface area contributed by atoms with Gasteiger partial charge in [-0.15, -0.1) is 0 Å². The first-order chi connectivity index (χ1) is 11.7. The average Bonchev–Trinajstić information content (AvgIpc) is 3.04. The standard InChI is InChI=1S/C17H20ClN3O3/c1-2-23-17(22)21-8-6-20(7-9-21)12-15-11-16(24-19-15)13-4-3-5-14(18)10-13/h3-5,10-11H,2,6-9,12H2,1H3. The van der Waals surface area contributed by atoms with Crippen molar-refractivity contribution in [3.63, 3.8) is 0 Å². The van der Waals surface area contributed by atoms with Gasteiger partial charge in [0, 0.05) is 49.4 Å². The van der Waals surface area contributed by atoms with Crippen molar-refractivity contribution >= 4 is 17.7 Å². The van der Waals surface area contributed by atoms with Crippen LogP contribution in [0, 0.1) is 0 Å². The number of piperazine rings is 1. The Bertz CT molecular complexity index is 696. The first-order valence-electron chi connectivity index (χ1n) is 8.01. The molecule has 2 heterocycles. The van der Waals surface area contributed by atoms with Gasteiger partial charge in [-0.3, -0.25) is 4.90 Å². The second kappa shape index (κ2) is 7.68. The molecule has 1 aliphatic rings. The van der Waals surface area contributed by atoms with Crippen molar-refractivity contribution in [3.05, 3.63) is 41.0 Å². The van der Waals surface area contributed by atoms with Gasteiger partial charge >= 0.3 is 6.09 Å². The molecule has 128 valence electrons. The second-order valence-electron chi connectivity index (χ2n) is 5.65. The molecule has 1 aliphatic heterocycles. The third-order valence-electron chi connectivity index (χ3n) is 3.95. The highest BCUT2D eigenvalue weighted by molar-refractivity contribution is 6.30. The minimum Gasteiger partial charge on any atom is -0.450 e. The van der Waals surface area contributed by atoms with Crippen LogP contribution in [0.5, 0.6) is 0 Å². The van der Waals surface area contributed by atoms with Crippen LogP contribution >= 0.6 is 11.6 Å². The molecule has 0 bridgehead atoms. The predicted octanol–water partition coefficient (Wildman–Crippen LogP) is 3.27. The van der Waals surface area contributed by atoms with E-state index in [-0.39, 0.29) is 6.09 Å². The molecule has 0 unspecified atom stereocenters. The molecule has 1 amide bonds. The van der Waals surface area contributed by atoms with Crippen LogP contribution in [0.2, 0.25) is 5.02 Å². The van der Waals surface area contributed by atoms with Crippen molar-refractivity contribution in [3.8, 4) is 11.3 Å². The molecule has 1 fully saturated rings. The fraction of sp³-hybridized carbons (Fsp3) is 0.412. The molecular formula is C17H20ClN3O3. The van der Waals surface area contributed by atoms with Gasteiger partial charge in [-0.2, -0.15) is 0 Å². The monoisotopic (exact) mass is 349 g/mol. The van der Waals surface area contributed by atoms with Crippen LogP contribution in [-0.2, 0) is 11.3 Å². The van der Waals surface area contributed by atoms with Crippen LogP contribution in [0.25, 0.3) is 11.3 Å². The molecule has 0 saturated carbocycles. The molecule has 1 saturated heterocycles. The number of nitrogens with zero attached hydrogens (tertiary/aromatic N) is 3. The van der Waals surface area contributed by atoms with Gasteiger partial charge in [-0.05, 0) is 19.1 Å². The van der Waals surface area contributed by atoms with E-state index in [0.29, 0.717) is 37.0 Å². The minimum absolute atomic E-state index is 0.234. The fourth-order valence-corrected chi connectivity index (χ4v) is 2.89. The summed E-state index contributed by atoms with van der Waals surface area (Å²) in [5, 5.41) is 4.80. The van der Waals surface area contributed by atoms with Crippen LogP contribution in [0.15, 0.2) is 34.9 Å². The van der Waals surface area contributed by atoms with Gasteiger partial charge in [0.05, 0.1) is 12.3 Å². The summed E-state index contributed by atoms with van der Waals surface area (Å²) >= 11 is 6.01. The van der Waals surface area contributed by atoms with E-state index < -0.39 is 0 Å². The van der Waals surface area contributed by atoms with Gasteiger partial charge in [-0.25, -0.2) is 4.79 Å². The quantitative estimate of drug-likeness (QED) is 0.847. The number of rotatable bonds is 4. The number of halogens is 1. The zero-order valence-electron chi connectivity index (χ0n) is 13.6. The van der Waals surface area contributed by atoms with Crippen molar-refractivity contribution < 1.29 is 14.1 Å². The number of amides is 1. The smallest absolute Gasteiger partial charge is 0.409 e. The Labute approximate surface area is 145 Å². The summed E-state index contributed by atoms with van der Waals surface area (Å²) in [6.45, 7) is 5.83. The van der Waals surface area contributed by atoms with E-state index in [9.17, 15) is 4.79 Å². The molecule has 3 rings (SSSR count). The zero-order chi connectivity index (χ0) is 16.9. The van der Waals surface area contributed by atoms with E-state index in [2.05, 4.69) is 10.1 Å². The SMILES string of the molecule is CCOC(=O)N1CCN(Cc2cc(-c3cccc(Cl)c3)on2)CC1. The fourth-order valence-electron chi connectivity index (χ4n) is 2.70. The van der Waals surface area contributed by atoms with Crippen LogP contribution in [0.4, 0.5) is 4.79 Å². The maximum atomic E-state index is 11.7. The van der Waals surface area contributed by atoms with Gasteiger partial charge in [0.15, 0.2) is 5.76 Å². The normalized spacial score (nSPS) is 15.5. The summed E-state index contributed by atoms with van der Waals surface area (Å²) in [4.78, 5) is 15.7. The van der Waals surface area contributed by atoms with Gasteiger partial charge in [0.2, 0.25) is 0 Å². The first kappa shape index (κ1) is 16.8. The molecular weight excluding hydrogens is 330 g/mol. The molecule has 0 aliphatic carbocycles. The highest BCUT2D eigenvalue weighted by Gasteiger charge is 2.22. The number of hydrogen-bond acceptors (Lipinski definition) is 5. The maximum absolute atomic E-state index is 11.7. The third-order valence-corrected chi connectivity index (χ3v) is 4.19. The molecule has 7 heteroatoms. The van der Waals surface area contributed by atoms with Gasteiger partial charge in [-0.1, -0.05) is 28.9 Å². The Morgan fingerprint density at radius 1 is 1.29 bits per heavy atom. The third kappa shape index (κ3) is 4.07. The Morgan fingerprint density at radius 3 is 2.79 bits per heavy atom. The highest BCUT2D eigenvalue weighted by atomic mass is 35.5. The molecule has 2 aromatic rings. The van der Waals surface area contributed by atoms with Crippen molar-refractivity contribution in [1.29, 1.82) is 0 Å². The van der Waals surface area contributed by atoms with E-state index in [1.54, 1.807) is 4.90 Å². The lowest BCUT2D eigenvalue weighted by atomic mass is 10.1. The van der Waals surface area contributed by atoms with Crippen LogP contribution in [0.1, 0.15) is 12.6 Å². The summed E-state index contributed by atoms with van der Waals surface area (Å²) in [6.07, 6.45) is -0.234. The average molecular weight is 350 g/mol. The number of carbonyl (C=O) groups excluding carboxylic acids is 1. The Kier molecular flexibility index (Phi) is 5.37. The largest absolute Gasteiger partial charge is 0.450 e. The van der Waals surface area contributed by atoms with E-state index >= 15 is 0 Å². The number of hydrogen-bond donors (Lipinski definition) is 0. The number of carbonyl (C=O) groups is 1. The van der Waals surface area contributed by atoms with Crippen molar-refractivity contribution in [2.75, 3.05) is 32.8 Å². The van der Waals surface area contributed by atoms with E-state index in [1.165, 1.54) is 0 Å². The number of aromatic nitrogens is 1. The molecule has 6 nitrogen and oxygen atoms in total. The Hall–Kier alpha value is -2.05. The van der Waals surface area contributed by atoms with Gasteiger partial charge < -0.3 is 14.2 Å². The second-order valence-corrected chi connectivity index (χ2v) is 6.09. The van der Waals surface area contributed by atoms with Gasteiger partial charge in [0.1, 0.15) is 0 Å². The maximum Gasteiger partial charge on any atom is 0.409 e. The summed E-state index contributed by atoms with van der Waals surface area (Å²) in [7, 11) is 0. The predicted molar refractivity (Wildman–Crippen MR) is 90.8 cm³/mol. The molecule has 0 spiro atoms. The molecule has 1 aromatic heterocycles. The van der Waals surface area contributed by atoms with Crippen LogP contribution in [0.3, 0.4) is 0 Å². The van der Waals surface area contributed by atoms with E-state index in [0.717, 1.165) is 24.3 Å². The lowest BCUT2D eigenvalue weighted by Crippen LogP contribution is -2.48. The lowest BCUT2D eigenvalue weighted by molar-refractivity contribution is 0.0772. The summed E-state index contributed by atoms with van der Waals surface area (Å²) in [5.41, 5.74) is 1.78. The molecule has 0 atom stereocenters. The Balaban J connectivity index is 1.56. The van der Waals surface area contributed by atoms with Crippen LogP contribution < -0.4 is 0 Å². The lowest BCUT2D eigenvalue weighted by Gasteiger charge is -2.33. The summed E-state index contributed by atoms with van der Waals surface area (Å²) < 4.78 is 10.4. The van der Waals surface area contributed by atoms with Gasteiger partial charge in [0.25, 0.3) is 0 Å². The van der Waals surface area contributed by atoms with Crippen molar-refractivity contribution in [1.82, 2.24) is 15.0 Å². The van der Waals surface area contributed by atoms with E-state index in [1.807, 2.05) is 37.3 Å². The summed E-state index contributed by atoms with van der Waals surface area (Å²) in [6, 6.07) is 9.43. The van der Waals surface area contributed by atoms with E-state index in [4.69, 9.17) is 20.9 Å². The molecule has 0 radical (unpaired) electrons. The first-order valence-corrected chi connectivity index (χ1v) is 8.39. The zero-order valence-corrected chi connectivity index (χ0v) is 14.3. The molecule has 0 N–H and O–H groups in total. The van der Waals surface area contributed by atoms with Crippen molar-refractivity contribution in [2.45, 2.75) is 13.5 Å². The topological polar surface area (TPSA) is 58.8 Å². The van der Waals surface area contributed by atoms with Crippen molar-refractivity contribution in [2.24, 2.45) is 0 Å². The van der Waals surface area contributed by atoms with Crippen LogP contribution in [-0.4, -0.2) is 53.8 Å². The summed E-state index contributed by atoms with van der Waals surface area (Å²) in [5.74, 6) is 0.706. The number of benzene rings is 1. The number of ether oxygens (including phenoxy) is 1. The Morgan fingerprint density at radius 2 is 2.08 bits per heavy atom. The minimum atomic E-state index is -0.234. The molecule has 24 heavy (non-hydrogen) atoms.